The number of likely N-dealkylation sites (N-methyl/N-ethyl adjacent to an activating group) is 1. The van der Waals surface area contributed by atoms with Crippen LogP contribution in [0.4, 0.5) is 10.5 Å². The fourth-order valence-electron chi connectivity index (χ4n) is 4.40. The smallest absolute Gasteiger partial charge is 0.417 e. The van der Waals surface area contributed by atoms with Crippen molar-refractivity contribution >= 4 is 17.7 Å². The van der Waals surface area contributed by atoms with Crippen molar-refractivity contribution in [3.8, 4) is 5.75 Å². The van der Waals surface area contributed by atoms with Gasteiger partial charge in [0.15, 0.2) is 0 Å². The summed E-state index contributed by atoms with van der Waals surface area (Å²) in [7, 11) is 2.18. The lowest BCUT2D eigenvalue weighted by Gasteiger charge is -2.35. The van der Waals surface area contributed by atoms with Gasteiger partial charge in [-0.2, -0.15) is 0 Å². The summed E-state index contributed by atoms with van der Waals surface area (Å²) in [6, 6.07) is 14.5. The first kappa shape index (κ1) is 24.8. The summed E-state index contributed by atoms with van der Waals surface area (Å²) in [5.74, 6) is 0.432. The molecule has 1 aliphatic heterocycles. The zero-order valence-corrected chi connectivity index (χ0v) is 20.2. The summed E-state index contributed by atoms with van der Waals surface area (Å²) >= 11 is 0. The maximum Gasteiger partial charge on any atom is 0.417 e. The van der Waals surface area contributed by atoms with Gasteiger partial charge in [0.1, 0.15) is 5.75 Å². The number of nitrogens with zero attached hydrogens (tertiary/aromatic N) is 1. The molecular weight excluding hydrogens is 416 g/mol. The SMILES string of the molecule is CCC1(c2cccc(OC(=O)Nc3ccc(C(=O)OCC(C)C)cc3)c2)CCCCN(C)C1. The van der Waals surface area contributed by atoms with Gasteiger partial charge in [0.2, 0.25) is 0 Å². The zero-order valence-electron chi connectivity index (χ0n) is 20.2. The third-order valence-corrected chi connectivity index (χ3v) is 6.27. The molecule has 178 valence electrons. The van der Waals surface area contributed by atoms with E-state index in [0.717, 1.165) is 25.9 Å². The molecule has 1 unspecified atom stereocenters. The maximum atomic E-state index is 12.5. The van der Waals surface area contributed by atoms with Gasteiger partial charge in [0.05, 0.1) is 12.2 Å². The zero-order chi connectivity index (χ0) is 23.8. The largest absolute Gasteiger partial charge is 0.462 e. The summed E-state index contributed by atoms with van der Waals surface area (Å²) < 4.78 is 10.8. The predicted molar refractivity (Wildman–Crippen MR) is 131 cm³/mol. The molecule has 1 amide bonds. The van der Waals surface area contributed by atoms with Crippen LogP contribution < -0.4 is 10.1 Å². The highest BCUT2D eigenvalue weighted by Crippen LogP contribution is 2.37. The molecule has 3 rings (SSSR count). The number of rotatable bonds is 7. The molecule has 6 nitrogen and oxygen atoms in total. The normalized spacial score (nSPS) is 19.1. The van der Waals surface area contributed by atoms with Crippen molar-refractivity contribution in [3.05, 3.63) is 59.7 Å². The second kappa shape index (κ2) is 11.3. The molecule has 0 saturated carbocycles. The molecule has 1 fully saturated rings. The van der Waals surface area contributed by atoms with Gasteiger partial charge >= 0.3 is 12.1 Å². The summed E-state index contributed by atoms with van der Waals surface area (Å²) in [6.07, 6.45) is 4.02. The number of carbonyl (C=O) groups excluding carboxylic acids is 2. The molecule has 1 heterocycles. The van der Waals surface area contributed by atoms with Gasteiger partial charge in [-0.1, -0.05) is 39.3 Å². The van der Waals surface area contributed by atoms with Crippen molar-refractivity contribution < 1.29 is 19.1 Å². The number of amides is 1. The van der Waals surface area contributed by atoms with Crippen LogP contribution in [0.3, 0.4) is 0 Å². The van der Waals surface area contributed by atoms with Gasteiger partial charge in [0, 0.05) is 17.6 Å². The van der Waals surface area contributed by atoms with E-state index in [1.807, 2.05) is 26.0 Å². The Hall–Kier alpha value is -2.86. The molecule has 33 heavy (non-hydrogen) atoms. The van der Waals surface area contributed by atoms with E-state index in [-0.39, 0.29) is 17.3 Å². The molecule has 0 radical (unpaired) electrons. The van der Waals surface area contributed by atoms with Crippen molar-refractivity contribution in [1.82, 2.24) is 4.90 Å². The Morgan fingerprint density at radius 3 is 2.58 bits per heavy atom. The van der Waals surface area contributed by atoms with Gasteiger partial charge in [-0.05, 0) is 80.7 Å². The van der Waals surface area contributed by atoms with Crippen LogP contribution in [0.25, 0.3) is 0 Å². The number of benzene rings is 2. The highest BCUT2D eigenvalue weighted by molar-refractivity contribution is 5.91. The van der Waals surface area contributed by atoms with Gasteiger partial charge in [-0.25, -0.2) is 9.59 Å². The molecule has 2 aromatic carbocycles. The first-order valence-corrected chi connectivity index (χ1v) is 11.9. The highest BCUT2D eigenvalue weighted by atomic mass is 16.6. The lowest BCUT2D eigenvalue weighted by Crippen LogP contribution is -2.37. The number of likely N-dealkylation sites (tertiary alicyclic amines) is 1. The molecule has 0 spiro atoms. The van der Waals surface area contributed by atoms with Crippen molar-refractivity contribution in [2.45, 2.75) is 51.9 Å². The van der Waals surface area contributed by atoms with Crippen molar-refractivity contribution in [2.75, 3.05) is 32.1 Å². The number of hydrogen-bond donors (Lipinski definition) is 1. The predicted octanol–water partition coefficient (Wildman–Crippen LogP) is 5.87. The van der Waals surface area contributed by atoms with E-state index in [4.69, 9.17) is 9.47 Å². The average molecular weight is 453 g/mol. The van der Waals surface area contributed by atoms with E-state index in [1.165, 1.54) is 18.4 Å². The van der Waals surface area contributed by atoms with Crippen LogP contribution in [0, 0.1) is 5.92 Å². The quantitative estimate of drug-likeness (QED) is 0.532. The van der Waals surface area contributed by atoms with Crippen LogP contribution in [-0.4, -0.2) is 43.7 Å². The van der Waals surface area contributed by atoms with E-state index in [9.17, 15) is 9.59 Å². The Labute approximate surface area is 197 Å². The molecule has 0 aliphatic carbocycles. The summed E-state index contributed by atoms with van der Waals surface area (Å²) in [5, 5.41) is 2.72. The Bertz CT molecular complexity index is 941. The van der Waals surface area contributed by atoms with E-state index < -0.39 is 6.09 Å². The number of ether oxygens (including phenoxy) is 2. The third-order valence-electron chi connectivity index (χ3n) is 6.27. The first-order valence-electron chi connectivity index (χ1n) is 11.9. The van der Waals surface area contributed by atoms with E-state index in [0.29, 0.717) is 23.6 Å². The maximum absolute atomic E-state index is 12.5. The minimum atomic E-state index is -0.564. The second-order valence-electron chi connectivity index (χ2n) is 9.44. The molecule has 1 atom stereocenters. The van der Waals surface area contributed by atoms with Crippen LogP contribution in [0.2, 0.25) is 0 Å². The number of carbonyl (C=O) groups is 2. The Morgan fingerprint density at radius 2 is 1.88 bits per heavy atom. The second-order valence-corrected chi connectivity index (χ2v) is 9.44. The number of anilines is 1. The minimum Gasteiger partial charge on any atom is -0.462 e. The molecule has 0 bridgehead atoms. The Balaban J connectivity index is 1.63. The van der Waals surface area contributed by atoms with Gasteiger partial charge in [0.25, 0.3) is 0 Å². The molecular formula is C27H36N2O4. The first-order chi connectivity index (χ1) is 15.8. The van der Waals surface area contributed by atoms with Crippen LogP contribution in [0.5, 0.6) is 5.75 Å². The Morgan fingerprint density at radius 1 is 1.12 bits per heavy atom. The van der Waals surface area contributed by atoms with Crippen molar-refractivity contribution in [2.24, 2.45) is 5.92 Å². The summed E-state index contributed by atoms with van der Waals surface area (Å²) in [5.41, 5.74) is 2.28. The molecule has 6 heteroatoms. The average Bonchev–Trinajstić information content (AvgIpc) is 3.00. The van der Waals surface area contributed by atoms with Crippen LogP contribution >= 0.6 is 0 Å². The van der Waals surface area contributed by atoms with Crippen LogP contribution in [-0.2, 0) is 10.2 Å². The molecule has 1 saturated heterocycles. The molecule has 2 aromatic rings. The fraction of sp³-hybridized carbons (Fsp3) is 0.481. The third kappa shape index (κ3) is 6.81. The Kier molecular flexibility index (Phi) is 8.50. The molecule has 1 N–H and O–H groups in total. The topological polar surface area (TPSA) is 67.9 Å². The van der Waals surface area contributed by atoms with Crippen LogP contribution in [0.1, 0.15) is 62.4 Å². The van der Waals surface area contributed by atoms with Crippen LogP contribution in [0.15, 0.2) is 48.5 Å². The van der Waals surface area contributed by atoms with Crippen molar-refractivity contribution in [3.63, 3.8) is 0 Å². The van der Waals surface area contributed by atoms with Gasteiger partial charge in [-0.3, -0.25) is 5.32 Å². The van der Waals surface area contributed by atoms with Crippen molar-refractivity contribution in [1.29, 1.82) is 0 Å². The summed E-state index contributed by atoms with van der Waals surface area (Å²) in [6.45, 7) is 8.71. The molecule has 1 aliphatic rings. The number of hydrogen-bond acceptors (Lipinski definition) is 5. The number of nitrogens with one attached hydrogen (secondary N) is 1. The highest BCUT2D eigenvalue weighted by Gasteiger charge is 2.33. The monoisotopic (exact) mass is 452 g/mol. The lowest BCUT2D eigenvalue weighted by molar-refractivity contribution is 0.0459. The lowest BCUT2D eigenvalue weighted by atomic mass is 9.74. The van der Waals surface area contributed by atoms with Gasteiger partial charge in [-0.15, -0.1) is 0 Å². The van der Waals surface area contributed by atoms with E-state index in [1.54, 1.807) is 30.3 Å². The molecule has 0 aromatic heterocycles. The minimum absolute atomic E-state index is 0.0705. The summed E-state index contributed by atoms with van der Waals surface area (Å²) in [4.78, 5) is 26.9. The van der Waals surface area contributed by atoms with E-state index >= 15 is 0 Å². The fourth-order valence-corrected chi connectivity index (χ4v) is 4.40. The van der Waals surface area contributed by atoms with E-state index in [2.05, 4.69) is 30.3 Å². The van der Waals surface area contributed by atoms with Gasteiger partial charge < -0.3 is 14.4 Å². The number of esters is 1. The standard InChI is InChI=1S/C27H36N2O4/c1-5-27(15-6-7-16-29(4)19-27)22-9-8-10-24(17-22)33-26(31)28-23-13-11-21(12-14-23)25(30)32-18-20(2)3/h8-14,17,20H,5-7,15-16,18-19H2,1-4H3,(H,28,31).